The summed E-state index contributed by atoms with van der Waals surface area (Å²) in [4.78, 5) is 21.8. The van der Waals surface area contributed by atoms with E-state index in [2.05, 4.69) is 5.32 Å². The molecule has 0 aliphatic rings. The van der Waals surface area contributed by atoms with E-state index in [1.54, 1.807) is 6.08 Å². The van der Waals surface area contributed by atoms with Crippen LogP contribution in [0.4, 0.5) is 0 Å². The molecule has 1 aromatic rings. The Hall–Kier alpha value is -1.90. The van der Waals surface area contributed by atoms with Crippen LogP contribution in [0, 0.1) is 0 Å². The molecule has 3 nitrogen and oxygen atoms in total. The minimum absolute atomic E-state index is 0.0542. The van der Waals surface area contributed by atoms with Gasteiger partial charge in [0, 0.05) is 6.92 Å². The minimum Gasteiger partial charge on any atom is -0.349 e. The Morgan fingerprint density at radius 3 is 2.53 bits per heavy atom. The number of carbonyl (C=O) groups is 2. The zero-order chi connectivity index (χ0) is 11.1. The van der Waals surface area contributed by atoms with E-state index in [1.807, 2.05) is 30.3 Å². The zero-order valence-electron chi connectivity index (χ0n) is 8.57. The number of amides is 1. The van der Waals surface area contributed by atoms with Crippen molar-refractivity contribution in [2.45, 2.75) is 6.92 Å². The summed E-state index contributed by atoms with van der Waals surface area (Å²) >= 11 is 0. The molecule has 0 aliphatic carbocycles. The highest BCUT2D eigenvalue weighted by Crippen LogP contribution is 2.00. The lowest BCUT2D eigenvalue weighted by Crippen LogP contribution is -2.25. The SMILES string of the molecule is CC(=O)NCC(=O)C=Cc1ccccc1. The molecule has 1 N–H and O–H groups in total. The Morgan fingerprint density at radius 2 is 1.93 bits per heavy atom. The van der Waals surface area contributed by atoms with Crippen molar-refractivity contribution in [1.29, 1.82) is 0 Å². The molecule has 0 saturated carbocycles. The average molecular weight is 203 g/mol. The van der Waals surface area contributed by atoms with Gasteiger partial charge in [0.2, 0.25) is 5.91 Å². The maximum absolute atomic E-state index is 11.2. The first-order valence-electron chi connectivity index (χ1n) is 4.69. The van der Waals surface area contributed by atoms with Gasteiger partial charge in [0.15, 0.2) is 5.78 Å². The van der Waals surface area contributed by atoms with Gasteiger partial charge in [-0.15, -0.1) is 0 Å². The maximum Gasteiger partial charge on any atom is 0.217 e. The molecule has 3 heteroatoms. The number of hydrogen-bond donors (Lipinski definition) is 1. The highest BCUT2D eigenvalue weighted by Gasteiger charge is 1.96. The lowest BCUT2D eigenvalue weighted by atomic mass is 10.2. The summed E-state index contributed by atoms with van der Waals surface area (Å²) in [6.45, 7) is 1.44. The van der Waals surface area contributed by atoms with Crippen LogP contribution in [0.15, 0.2) is 36.4 Å². The minimum atomic E-state index is -0.198. The molecule has 0 heterocycles. The number of nitrogens with one attached hydrogen (secondary N) is 1. The lowest BCUT2D eigenvalue weighted by Gasteiger charge is -1.96. The fraction of sp³-hybridized carbons (Fsp3) is 0.167. The zero-order valence-corrected chi connectivity index (χ0v) is 8.57. The summed E-state index contributed by atoms with van der Waals surface area (Å²) in [5, 5.41) is 2.44. The summed E-state index contributed by atoms with van der Waals surface area (Å²) in [6, 6.07) is 9.52. The van der Waals surface area contributed by atoms with Crippen molar-refractivity contribution < 1.29 is 9.59 Å². The van der Waals surface area contributed by atoms with Crippen LogP contribution in [0.3, 0.4) is 0 Å². The second-order valence-corrected chi connectivity index (χ2v) is 3.12. The molecule has 0 bridgehead atoms. The van der Waals surface area contributed by atoms with E-state index in [0.717, 1.165) is 5.56 Å². The third-order valence-electron chi connectivity index (χ3n) is 1.77. The predicted molar refractivity (Wildman–Crippen MR) is 59.2 cm³/mol. The molecule has 0 fully saturated rings. The molecule has 15 heavy (non-hydrogen) atoms. The van der Waals surface area contributed by atoms with Crippen molar-refractivity contribution in [2.24, 2.45) is 0 Å². The second-order valence-electron chi connectivity index (χ2n) is 3.12. The summed E-state index contributed by atoms with van der Waals surface area (Å²) < 4.78 is 0. The van der Waals surface area contributed by atoms with Crippen molar-refractivity contribution in [3.63, 3.8) is 0 Å². The maximum atomic E-state index is 11.2. The molecular formula is C12H13NO2. The van der Waals surface area contributed by atoms with Gasteiger partial charge in [0.05, 0.1) is 6.54 Å². The molecule has 1 rings (SSSR count). The van der Waals surface area contributed by atoms with E-state index in [-0.39, 0.29) is 18.2 Å². The van der Waals surface area contributed by atoms with E-state index < -0.39 is 0 Å². The van der Waals surface area contributed by atoms with E-state index >= 15 is 0 Å². The molecule has 0 spiro atoms. The van der Waals surface area contributed by atoms with Gasteiger partial charge in [-0.1, -0.05) is 36.4 Å². The van der Waals surface area contributed by atoms with E-state index in [9.17, 15) is 9.59 Å². The Labute approximate surface area is 88.8 Å². The van der Waals surface area contributed by atoms with Gasteiger partial charge in [0.25, 0.3) is 0 Å². The largest absolute Gasteiger partial charge is 0.349 e. The first kappa shape index (κ1) is 11.2. The topological polar surface area (TPSA) is 46.2 Å². The average Bonchev–Trinajstić information content (AvgIpc) is 2.25. The molecule has 0 atom stereocenters. The normalized spacial score (nSPS) is 10.2. The van der Waals surface area contributed by atoms with Crippen molar-refractivity contribution in [3.8, 4) is 0 Å². The Bertz CT molecular complexity index is 368. The number of carbonyl (C=O) groups excluding carboxylic acids is 2. The highest BCUT2D eigenvalue weighted by atomic mass is 16.2. The summed E-state index contributed by atoms with van der Waals surface area (Å²) in [6.07, 6.45) is 3.19. The number of ketones is 1. The Kier molecular flexibility index (Phi) is 4.29. The van der Waals surface area contributed by atoms with Gasteiger partial charge in [-0.25, -0.2) is 0 Å². The first-order chi connectivity index (χ1) is 7.18. The van der Waals surface area contributed by atoms with Crippen LogP contribution in [0.1, 0.15) is 12.5 Å². The van der Waals surface area contributed by atoms with Crippen molar-refractivity contribution in [1.82, 2.24) is 5.32 Å². The molecule has 0 aromatic heterocycles. The van der Waals surface area contributed by atoms with Gasteiger partial charge in [-0.2, -0.15) is 0 Å². The van der Waals surface area contributed by atoms with Crippen LogP contribution >= 0.6 is 0 Å². The lowest BCUT2D eigenvalue weighted by molar-refractivity contribution is -0.122. The standard InChI is InChI=1S/C12H13NO2/c1-10(14)13-9-12(15)8-7-11-5-3-2-4-6-11/h2-8H,9H2,1H3,(H,13,14). The van der Waals surface area contributed by atoms with Crippen molar-refractivity contribution in [3.05, 3.63) is 42.0 Å². The smallest absolute Gasteiger partial charge is 0.217 e. The molecular weight excluding hydrogens is 190 g/mol. The van der Waals surface area contributed by atoms with E-state index in [1.165, 1.54) is 13.0 Å². The van der Waals surface area contributed by atoms with Crippen LogP contribution in [0.25, 0.3) is 6.08 Å². The summed E-state index contributed by atoms with van der Waals surface area (Å²) in [5.74, 6) is -0.314. The molecule has 0 unspecified atom stereocenters. The second kappa shape index (κ2) is 5.75. The Morgan fingerprint density at radius 1 is 1.27 bits per heavy atom. The van der Waals surface area contributed by atoms with Gasteiger partial charge in [-0.05, 0) is 11.6 Å². The van der Waals surface area contributed by atoms with Crippen LogP contribution in [0.5, 0.6) is 0 Å². The molecule has 0 aliphatic heterocycles. The first-order valence-corrected chi connectivity index (χ1v) is 4.69. The van der Waals surface area contributed by atoms with Crippen molar-refractivity contribution in [2.75, 3.05) is 6.54 Å². The van der Waals surface area contributed by atoms with E-state index in [0.29, 0.717) is 0 Å². The van der Waals surface area contributed by atoms with Crippen LogP contribution in [0.2, 0.25) is 0 Å². The third kappa shape index (κ3) is 4.76. The van der Waals surface area contributed by atoms with Crippen LogP contribution in [-0.4, -0.2) is 18.2 Å². The predicted octanol–water partition coefficient (Wildman–Crippen LogP) is 1.41. The fourth-order valence-corrected chi connectivity index (χ4v) is 1.02. The molecule has 1 aromatic carbocycles. The monoisotopic (exact) mass is 203 g/mol. The van der Waals surface area contributed by atoms with Gasteiger partial charge >= 0.3 is 0 Å². The van der Waals surface area contributed by atoms with Crippen LogP contribution in [-0.2, 0) is 9.59 Å². The van der Waals surface area contributed by atoms with E-state index in [4.69, 9.17) is 0 Å². The van der Waals surface area contributed by atoms with Gasteiger partial charge in [0.1, 0.15) is 0 Å². The molecule has 78 valence electrons. The van der Waals surface area contributed by atoms with Crippen LogP contribution < -0.4 is 5.32 Å². The van der Waals surface area contributed by atoms with Crippen molar-refractivity contribution >= 4 is 17.8 Å². The number of rotatable bonds is 4. The quantitative estimate of drug-likeness (QED) is 0.752. The third-order valence-corrected chi connectivity index (χ3v) is 1.77. The molecule has 0 radical (unpaired) electrons. The summed E-state index contributed by atoms with van der Waals surface area (Å²) in [7, 11) is 0. The highest BCUT2D eigenvalue weighted by molar-refractivity contribution is 5.96. The Balaban J connectivity index is 2.44. The van der Waals surface area contributed by atoms with Gasteiger partial charge < -0.3 is 5.32 Å². The molecule has 1 amide bonds. The summed E-state index contributed by atoms with van der Waals surface area (Å²) in [5.41, 5.74) is 0.966. The fourth-order valence-electron chi connectivity index (χ4n) is 1.02. The number of hydrogen-bond acceptors (Lipinski definition) is 2. The number of benzene rings is 1. The van der Waals surface area contributed by atoms with Gasteiger partial charge in [-0.3, -0.25) is 9.59 Å². The molecule has 0 saturated heterocycles.